The second-order valence-corrected chi connectivity index (χ2v) is 6.92. The average molecular weight is 362 g/mol. The molecule has 1 amide bonds. The predicted molar refractivity (Wildman–Crippen MR) is 102 cm³/mol. The highest BCUT2D eigenvalue weighted by Gasteiger charge is 2.29. The second kappa shape index (κ2) is 7.61. The lowest BCUT2D eigenvalue weighted by atomic mass is 10.0. The molecule has 3 aromatic rings. The van der Waals surface area contributed by atoms with Crippen LogP contribution in [0.15, 0.2) is 71.8 Å². The fraction of sp³-hybridized carbons (Fsp3) is 0.286. The Morgan fingerprint density at radius 1 is 0.889 bits per heavy atom. The molecule has 1 aromatic heterocycles. The molecule has 1 atom stereocenters. The maximum Gasteiger partial charge on any atom is 0.346 e. The van der Waals surface area contributed by atoms with Gasteiger partial charge >= 0.3 is 5.69 Å². The first kappa shape index (κ1) is 17.3. The van der Waals surface area contributed by atoms with Crippen molar-refractivity contribution in [2.75, 3.05) is 6.54 Å². The van der Waals surface area contributed by atoms with Crippen LogP contribution in [0.25, 0.3) is 0 Å². The molecule has 6 nitrogen and oxygen atoms in total. The summed E-state index contributed by atoms with van der Waals surface area (Å²) < 4.78 is 3.07. The molecular formula is C21H22N4O2. The summed E-state index contributed by atoms with van der Waals surface area (Å²) in [7, 11) is 0. The van der Waals surface area contributed by atoms with Crippen molar-refractivity contribution in [3.63, 3.8) is 0 Å². The lowest BCUT2D eigenvalue weighted by molar-refractivity contribution is -0.135. The van der Waals surface area contributed by atoms with Gasteiger partial charge < -0.3 is 4.90 Å². The van der Waals surface area contributed by atoms with E-state index in [0.29, 0.717) is 26.1 Å². The van der Waals surface area contributed by atoms with Gasteiger partial charge in [-0.3, -0.25) is 9.36 Å². The Kier molecular flexibility index (Phi) is 4.87. The van der Waals surface area contributed by atoms with E-state index in [1.807, 2.05) is 65.6 Å². The van der Waals surface area contributed by atoms with Crippen molar-refractivity contribution in [1.82, 2.24) is 19.2 Å². The van der Waals surface area contributed by atoms with E-state index in [1.165, 1.54) is 4.68 Å². The van der Waals surface area contributed by atoms with Crippen molar-refractivity contribution in [3.8, 4) is 0 Å². The van der Waals surface area contributed by atoms with Crippen LogP contribution in [0.5, 0.6) is 0 Å². The van der Waals surface area contributed by atoms with Crippen LogP contribution in [-0.4, -0.2) is 31.7 Å². The predicted octanol–water partition coefficient (Wildman–Crippen LogP) is 2.46. The van der Waals surface area contributed by atoms with E-state index in [9.17, 15) is 9.59 Å². The number of benzene rings is 2. The van der Waals surface area contributed by atoms with Gasteiger partial charge in [0.1, 0.15) is 6.33 Å². The molecule has 1 aliphatic rings. The molecular weight excluding hydrogens is 340 g/mol. The SMILES string of the molecule is O=C1CC(n2ncn(Cc3ccccc3)c2=O)CCN1Cc1ccccc1. The number of hydrogen-bond donors (Lipinski definition) is 0. The molecule has 6 heteroatoms. The molecule has 0 saturated carbocycles. The van der Waals surface area contributed by atoms with E-state index in [1.54, 1.807) is 10.9 Å². The molecule has 138 valence electrons. The van der Waals surface area contributed by atoms with Crippen molar-refractivity contribution in [3.05, 3.63) is 88.6 Å². The van der Waals surface area contributed by atoms with E-state index < -0.39 is 0 Å². The Bertz CT molecular complexity index is 963. The van der Waals surface area contributed by atoms with Crippen molar-refractivity contribution >= 4 is 5.91 Å². The standard InChI is InChI=1S/C21H22N4O2/c26-20-13-19(11-12-23(20)14-17-7-3-1-4-8-17)25-21(27)24(16-22-25)15-18-9-5-2-6-10-18/h1-10,16,19H,11-15H2. The highest BCUT2D eigenvalue weighted by molar-refractivity contribution is 5.77. The van der Waals surface area contributed by atoms with Gasteiger partial charge in [0, 0.05) is 19.5 Å². The van der Waals surface area contributed by atoms with Gasteiger partial charge in [0.2, 0.25) is 5.91 Å². The Hall–Kier alpha value is -3.15. The van der Waals surface area contributed by atoms with Gasteiger partial charge in [0.25, 0.3) is 0 Å². The Morgan fingerprint density at radius 3 is 2.15 bits per heavy atom. The van der Waals surface area contributed by atoms with E-state index in [2.05, 4.69) is 5.10 Å². The van der Waals surface area contributed by atoms with Crippen LogP contribution in [0.1, 0.15) is 30.0 Å². The van der Waals surface area contributed by atoms with Crippen LogP contribution in [0.2, 0.25) is 0 Å². The van der Waals surface area contributed by atoms with Gasteiger partial charge in [-0.05, 0) is 17.5 Å². The monoisotopic (exact) mass is 362 g/mol. The molecule has 1 aliphatic heterocycles. The highest BCUT2D eigenvalue weighted by atomic mass is 16.2. The van der Waals surface area contributed by atoms with Gasteiger partial charge in [-0.15, -0.1) is 0 Å². The van der Waals surface area contributed by atoms with E-state index >= 15 is 0 Å². The number of likely N-dealkylation sites (tertiary alicyclic amines) is 1. The molecule has 1 fully saturated rings. The fourth-order valence-corrected chi connectivity index (χ4v) is 3.53. The maximum atomic E-state index is 12.7. The highest BCUT2D eigenvalue weighted by Crippen LogP contribution is 2.22. The number of piperidine rings is 1. The minimum Gasteiger partial charge on any atom is -0.338 e. The van der Waals surface area contributed by atoms with Crippen molar-refractivity contribution < 1.29 is 4.79 Å². The van der Waals surface area contributed by atoms with Gasteiger partial charge in [0.05, 0.1) is 12.6 Å². The molecule has 4 rings (SSSR count). The summed E-state index contributed by atoms with van der Waals surface area (Å²) in [5, 5.41) is 4.28. The van der Waals surface area contributed by atoms with Crippen LogP contribution < -0.4 is 5.69 Å². The summed E-state index contributed by atoms with van der Waals surface area (Å²) in [6, 6.07) is 19.6. The third-order valence-corrected chi connectivity index (χ3v) is 5.01. The quantitative estimate of drug-likeness (QED) is 0.700. The van der Waals surface area contributed by atoms with Gasteiger partial charge in [-0.25, -0.2) is 9.48 Å². The van der Waals surface area contributed by atoms with E-state index in [-0.39, 0.29) is 17.6 Å². The molecule has 1 saturated heterocycles. The fourth-order valence-electron chi connectivity index (χ4n) is 3.53. The number of aromatic nitrogens is 3. The first-order valence-corrected chi connectivity index (χ1v) is 9.20. The lowest BCUT2D eigenvalue weighted by Crippen LogP contribution is -2.41. The first-order valence-electron chi connectivity index (χ1n) is 9.20. The molecule has 2 aromatic carbocycles. The zero-order valence-corrected chi connectivity index (χ0v) is 15.1. The van der Waals surface area contributed by atoms with Gasteiger partial charge in [-0.2, -0.15) is 5.10 Å². The van der Waals surface area contributed by atoms with Crippen LogP contribution in [0, 0.1) is 0 Å². The summed E-state index contributed by atoms with van der Waals surface area (Å²) in [4.78, 5) is 27.1. The zero-order valence-electron chi connectivity index (χ0n) is 15.1. The summed E-state index contributed by atoms with van der Waals surface area (Å²) in [6.45, 7) is 1.74. The smallest absolute Gasteiger partial charge is 0.338 e. The van der Waals surface area contributed by atoms with Crippen LogP contribution in [-0.2, 0) is 17.9 Å². The molecule has 0 spiro atoms. The molecule has 0 aliphatic carbocycles. The van der Waals surface area contributed by atoms with Gasteiger partial charge in [-0.1, -0.05) is 60.7 Å². The number of hydrogen-bond acceptors (Lipinski definition) is 3. The van der Waals surface area contributed by atoms with Crippen molar-refractivity contribution in [1.29, 1.82) is 0 Å². The Balaban J connectivity index is 1.43. The lowest BCUT2D eigenvalue weighted by Gasteiger charge is -2.31. The molecule has 27 heavy (non-hydrogen) atoms. The maximum absolute atomic E-state index is 12.7. The number of carbonyl (C=O) groups is 1. The molecule has 0 N–H and O–H groups in total. The average Bonchev–Trinajstić information content (AvgIpc) is 3.05. The minimum atomic E-state index is -0.172. The van der Waals surface area contributed by atoms with Gasteiger partial charge in [0.15, 0.2) is 0 Å². The second-order valence-electron chi connectivity index (χ2n) is 6.92. The van der Waals surface area contributed by atoms with Crippen LogP contribution in [0.3, 0.4) is 0 Å². The summed E-state index contributed by atoms with van der Waals surface area (Å²) >= 11 is 0. The summed E-state index contributed by atoms with van der Waals surface area (Å²) in [5.74, 6) is 0.0691. The normalized spacial score (nSPS) is 17.3. The van der Waals surface area contributed by atoms with Crippen molar-refractivity contribution in [2.45, 2.75) is 32.0 Å². The number of nitrogens with zero attached hydrogens (tertiary/aromatic N) is 4. The Labute approximate surface area is 157 Å². The van der Waals surface area contributed by atoms with Crippen LogP contribution >= 0.6 is 0 Å². The van der Waals surface area contributed by atoms with Crippen LogP contribution in [0.4, 0.5) is 0 Å². The van der Waals surface area contributed by atoms with Crippen molar-refractivity contribution in [2.24, 2.45) is 0 Å². The molecule has 0 radical (unpaired) electrons. The topological polar surface area (TPSA) is 60.1 Å². The molecule has 1 unspecified atom stereocenters. The number of carbonyl (C=O) groups excluding carboxylic acids is 1. The third-order valence-electron chi connectivity index (χ3n) is 5.01. The molecule has 2 heterocycles. The first-order chi connectivity index (χ1) is 13.2. The largest absolute Gasteiger partial charge is 0.346 e. The zero-order chi connectivity index (χ0) is 18.6. The van der Waals surface area contributed by atoms with E-state index in [0.717, 1.165) is 17.5 Å². The third kappa shape index (κ3) is 3.84. The Morgan fingerprint density at radius 2 is 1.52 bits per heavy atom. The summed E-state index contributed by atoms with van der Waals surface area (Å²) in [6.07, 6.45) is 2.62. The van der Waals surface area contributed by atoms with E-state index in [4.69, 9.17) is 0 Å². The number of rotatable bonds is 5. The minimum absolute atomic E-state index is 0.0691. The molecule has 0 bridgehead atoms. The summed E-state index contributed by atoms with van der Waals surface area (Å²) in [5.41, 5.74) is 2.01. The number of amides is 1.